The number of nitriles is 1. The van der Waals surface area contributed by atoms with Crippen molar-refractivity contribution in [2.45, 2.75) is 0 Å². The van der Waals surface area contributed by atoms with Crippen LogP contribution in [0.15, 0.2) is 22.7 Å². The Balaban J connectivity index is 3.11. The van der Waals surface area contributed by atoms with E-state index in [4.69, 9.17) is 5.26 Å². The Morgan fingerprint density at radius 2 is 2.31 bits per heavy atom. The third-order valence-corrected chi connectivity index (χ3v) is 2.17. The van der Waals surface area contributed by atoms with Crippen molar-refractivity contribution in [1.29, 1.82) is 5.26 Å². The van der Waals surface area contributed by atoms with Crippen LogP contribution in [-0.2, 0) is 4.74 Å². The summed E-state index contributed by atoms with van der Waals surface area (Å²) in [6.07, 6.45) is 0. The van der Waals surface area contributed by atoms with E-state index < -0.39 is 5.97 Å². The standard InChI is InChI=1S/C9H6BrNO2/c1-13-9(12)6-2-3-7(5-11)8(10)4-6/h2-4H,1H3. The second kappa shape index (κ2) is 4.06. The summed E-state index contributed by atoms with van der Waals surface area (Å²) in [5.74, 6) is -0.412. The molecule has 0 saturated carbocycles. The highest BCUT2D eigenvalue weighted by Gasteiger charge is 2.07. The molecule has 0 heterocycles. The molecule has 66 valence electrons. The van der Waals surface area contributed by atoms with Gasteiger partial charge in [0, 0.05) is 4.47 Å². The summed E-state index contributed by atoms with van der Waals surface area (Å²) >= 11 is 3.17. The number of benzene rings is 1. The first-order chi connectivity index (χ1) is 6.19. The summed E-state index contributed by atoms with van der Waals surface area (Å²) < 4.78 is 5.12. The van der Waals surface area contributed by atoms with Gasteiger partial charge in [-0.15, -0.1) is 0 Å². The number of halogens is 1. The summed E-state index contributed by atoms with van der Waals surface area (Å²) in [7, 11) is 1.31. The number of carbonyl (C=O) groups excluding carboxylic acids is 1. The minimum atomic E-state index is -0.412. The van der Waals surface area contributed by atoms with Gasteiger partial charge in [0.2, 0.25) is 0 Å². The molecule has 0 aliphatic heterocycles. The Hall–Kier alpha value is -1.34. The van der Waals surface area contributed by atoms with Gasteiger partial charge in [-0.3, -0.25) is 0 Å². The van der Waals surface area contributed by atoms with Crippen molar-refractivity contribution in [3.05, 3.63) is 33.8 Å². The maximum Gasteiger partial charge on any atom is 0.337 e. The Labute approximate surface area is 84.1 Å². The zero-order chi connectivity index (χ0) is 9.84. The molecule has 0 aliphatic rings. The lowest BCUT2D eigenvalue weighted by Crippen LogP contribution is -2.00. The topological polar surface area (TPSA) is 50.1 Å². The molecule has 0 saturated heterocycles. The summed E-state index contributed by atoms with van der Waals surface area (Å²) in [6.45, 7) is 0. The fourth-order valence-corrected chi connectivity index (χ4v) is 1.32. The van der Waals surface area contributed by atoms with Gasteiger partial charge in [-0.25, -0.2) is 4.79 Å². The molecule has 1 rings (SSSR count). The lowest BCUT2D eigenvalue weighted by atomic mass is 10.1. The van der Waals surface area contributed by atoms with Crippen molar-refractivity contribution < 1.29 is 9.53 Å². The summed E-state index contributed by atoms with van der Waals surface area (Å²) in [6, 6.07) is 6.66. The number of methoxy groups -OCH3 is 1. The number of nitrogens with zero attached hydrogens (tertiary/aromatic N) is 1. The molecule has 0 aromatic heterocycles. The molecule has 0 bridgehead atoms. The number of ether oxygens (including phenoxy) is 1. The van der Waals surface area contributed by atoms with E-state index in [2.05, 4.69) is 20.7 Å². The monoisotopic (exact) mass is 239 g/mol. The van der Waals surface area contributed by atoms with Gasteiger partial charge in [0.05, 0.1) is 18.2 Å². The molecule has 4 heteroatoms. The average Bonchev–Trinajstić information content (AvgIpc) is 2.16. The number of hydrogen-bond donors (Lipinski definition) is 0. The number of carbonyl (C=O) groups is 1. The van der Waals surface area contributed by atoms with Crippen LogP contribution in [-0.4, -0.2) is 13.1 Å². The third-order valence-electron chi connectivity index (χ3n) is 1.51. The second-order valence-electron chi connectivity index (χ2n) is 2.30. The smallest absolute Gasteiger partial charge is 0.337 e. The molecule has 0 fully saturated rings. The van der Waals surface area contributed by atoms with Crippen LogP contribution >= 0.6 is 15.9 Å². The van der Waals surface area contributed by atoms with E-state index in [0.29, 0.717) is 15.6 Å². The maximum atomic E-state index is 11.0. The van der Waals surface area contributed by atoms with Crippen LogP contribution in [0.2, 0.25) is 0 Å². The van der Waals surface area contributed by atoms with Gasteiger partial charge in [-0.05, 0) is 34.1 Å². The fraction of sp³-hybridized carbons (Fsp3) is 0.111. The molecule has 0 amide bonds. The van der Waals surface area contributed by atoms with Crippen molar-refractivity contribution >= 4 is 21.9 Å². The van der Waals surface area contributed by atoms with E-state index in [0.717, 1.165) is 0 Å². The van der Waals surface area contributed by atoms with Gasteiger partial charge < -0.3 is 4.74 Å². The molecule has 1 aromatic rings. The molecule has 3 nitrogen and oxygen atoms in total. The first-order valence-corrected chi connectivity index (χ1v) is 4.26. The second-order valence-corrected chi connectivity index (χ2v) is 3.15. The number of hydrogen-bond acceptors (Lipinski definition) is 3. The van der Waals surface area contributed by atoms with Gasteiger partial charge in [-0.1, -0.05) is 0 Å². The van der Waals surface area contributed by atoms with E-state index in [1.54, 1.807) is 18.2 Å². The quantitative estimate of drug-likeness (QED) is 0.706. The van der Waals surface area contributed by atoms with Crippen molar-refractivity contribution in [3.8, 4) is 6.07 Å². The Morgan fingerprint density at radius 1 is 1.62 bits per heavy atom. The minimum Gasteiger partial charge on any atom is -0.465 e. The highest BCUT2D eigenvalue weighted by Crippen LogP contribution is 2.17. The third kappa shape index (κ3) is 2.07. The molecule has 0 aliphatic carbocycles. The van der Waals surface area contributed by atoms with Crippen molar-refractivity contribution in [2.24, 2.45) is 0 Å². The zero-order valence-electron chi connectivity index (χ0n) is 6.87. The molecule has 0 spiro atoms. The Bertz CT molecular complexity index is 382. The van der Waals surface area contributed by atoms with E-state index in [1.165, 1.54) is 7.11 Å². The first kappa shape index (κ1) is 9.75. The highest BCUT2D eigenvalue weighted by molar-refractivity contribution is 9.10. The van der Waals surface area contributed by atoms with Crippen LogP contribution in [0.25, 0.3) is 0 Å². The van der Waals surface area contributed by atoms with E-state index in [-0.39, 0.29) is 0 Å². The van der Waals surface area contributed by atoms with E-state index >= 15 is 0 Å². The number of rotatable bonds is 1. The van der Waals surface area contributed by atoms with Crippen LogP contribution in [0.5, 0.6) is 0 Å². The van der Waals surface area contributed by atoms with Crippen molar-refractivity contribution in [1.82, 2.24) is 0 Å². The largest absolute Gasteiger partial charge is 0.465 e. The van der Waals surface area contributed by atoms with Crippen LogP contribution in [0, 0.1) is 11.3 Å². The maximum absolute atomic E-state index is 11.0. The minimum absolute atomic E-state index is 0.412. The molecule has 0 radical (unpaired) electrons. The van der Waals surface area contributed by atoms with Crippen molar-refractivity contribution in [3.63, 3.8) is 0 Å². The SMILES string of the molecule is COC(=O)c1ccc(C#N)c(Br)c1. The van der Waals surface area contributed by atoms with Crippen LogP contribution in [0.3, 0.4) is 0 Å². The lowest BCUT2D eigenvalue weighted by Gasteiger charge is -2.00. The predicted octanol–water partition coefficient (Wildman–Crippen LogP) is 2.11. The Morgan fingerprint density at radius 3 is 2.77 bits per heavy atom. The van der Waals surface area contributed by atoms with Crippen molar-refractivity contribution in [2.75, 3.05) is 7.11 Å². The van der Waals surface area contributed by atoms with Gasteiger partial charge in [0.25, 0.3) is 0 Å². The van der Waals surface area contributed by atoms with Crippen LogP contribution in [0.4, 0.5) is 0 Å². The molecule has 0 unspecified atom stereocenters. The molecular weight excluding hydrogens is 234 g/mol. The average molecular weight is 240 g/mol. The van der Waals surface area contributed by atoms with Gasteiger partial charge in [0.1, 0.15) is 6.07 Å². The molecular formula is C9H6BrNO2. The van der Waals surface area contributed by atoms with Crippen LogP contribution in [0.1, 0.15) is 15.9 Å². The Kier molecular flexibility index (Phi) is 3.04. The summed E-state index contributed by atoms with van der Waals surface area (Å²) in [4.78, 5) is 11.0. The lowest BCUT2D eigenvalue weighted by molar-refractivity contribution is 0.0600. The number of esters is 1. The summed E-state index contributed by atoms with van der Waals surface area (Å²) in [5, 5.41) is 8.61. The first-order valence-electron chi connectivity index (χ1n) is 3.47. The zero-order valence-corrected chi connectivity index (χ0v) is 8.46. The highest BCUT2D eigenvalue weighted by atomic mass is 79.9. The van der Waals surface area contributed by atoms with E-state index in [9.17, 15) is 4.79 Å². The van der Waals surface area contributed by atoms with Gasteiger partial charge >= 0.3 is 5.97 Å². The normalized spacial score (nSPS) is 9.00. The molecule has 0 atom stereocenters. The van der Waals surface area contributed by atoms with Crippen LogP contribution < -0.4 is 0 Å². The molecule has 13 heavy (non-hydrogen) atoms. The van der Waals surface area contributed by atoms with Gasteiger partial charge in [-0.2, -0.15) is 5.26 Å². The van der Waals surface area contributed by atoms with E-state index in [1.807, 2.05) is 6.07 Å². The molecule has 0 N–H and O–H groups in total. The predicted molar refractivity (Wildman–Crippen MR) is 50.2 cm³/mol. The van der Waals surface area contributed by atoms with Gasteiger partial charge in [0.15, 0.2) is 0 Å². The molecule has 1 aromatic carbocycles. The summed E-state index contributed by atoms with van der Waals surface area (Å²) in [5.41, 5.74) is 0.918. The fourth-order valence-electron chi connectivity index (χ4n) is 0.851.